The van der Waals surface area contributed by atoms with E-state index in [2.05, 4.69) is 73.9 Å². The maximum Gasteiger partial charge on any atom is 0.314 e. The molecule has 6 heteroatoms. The number of nitrogens with two attached hydrogens (primary N) is 1. The van der Waals surface area contributed by atoms with Gasteiger partial charge in [0.05, 0.1) is 0 Å². The van der Waals surface area contributed by atoms with Gasteiger partial charge in [-0.05, 0) is 37.8 Å². The Kier molecular flexibility index (Phi) is 6.09. The SMILES string of the molecule is CC[N+]1(Cc2ccccc2-c2ccc(C)cc2)C=C(NC2CCN(C(N)=O)CC2)C=N1. The molecule has 0 bridgehead atoms. The highest BCUT2D eigenvalue weighted by Gasteiger charge is 2.31. The highest BCUT2D eigenvalue weighted by Crippen LogP contribution is 2.29. The van der Waals surface area contributed by atoms with E-state index in [1.807, 2.05) is 6.21 Å². The molecule has 2 heterocycles. The molecule has 1 fully saturated rings. The fourth-order valence-corrected chi connectivity index (χ4v) is 4.40. The van der Waals surface area contributed by atoms with Gasteiger partial charge in [0.1, 0.15) is 31.2 Å². The van der Waals surface area contributed by atoms with E-state index in [0.717, 1.165) is 31.6 Å². The fraction of sp³-hybridized carbons (Fsp3) is 0.360. The number of hydrogen-bond donors (Lipinski definition) is 2. The second-order valence-electron chi connectivity index (χ2n) is 8.56. The van der Waals surface area contributed by atoms with Crippen molar-refractivity contribution in [3.05, 3.63) is 71.6 Å². The van der Waals surface area contributed by atoms with Crippen LogP contribution in [0, 0.1) is 6.92 Å². The summed E-state index contributed by atoms with van der Waals surface area (Å²) >= 11 is 0. The lowest BCUT2D eigenvalue weighted by Crippen LogP contribution is -2.46. The lowest BCUT2D eigenvalue weighted by molar-refractivity contribution is -0.895. The van der Waals surface area contributed by atoms with Gasteiger partial charge in [-0.2, -0.15) is 4.59 Å². The van der Waals surface area contributed by atoms with Crippen molar-refractivity contribution in [3.8, 4) is 11.1 Å². The van der Waals surface area contributed by atoms with E-state index < -0.39 is 0 Å². The molecule has 2 aliphatic rings. The number of urea groups is 1. The number of rotatable bonds is 6. The number of primary amides is 1. The van der Waals surface area contributed by atoms with E-state index in [1.54, 1.807) is 4.90 Å². The van der Waals surface area contributed by atoms with E-state index in [4.69, 9.17) is 10.8 Å². The Labute approximate surface area is 184 Å². The first-order chi connectivity index (χ1) is 15.0. The molecule has 6 nitrogen and oxygen atoms in total. The molecule has 0 spiro atoms. The molecule has 1 unspecified atom stereocenters. The number of hydrogen-bond acceptors (Lipinski definition) is 3. The largest absolute Gasteiger partial charge is 0.376 e. The fourth-order valence-electron chi connectivity index (χ4n) is 4.40. The lowest BCUT2D eigenvalue weighted by Gasteiger charge is -2.31. The van der Waals surface area contributed by atoms with E-state index >= 15 is 0 Å². The number of allylic oxidation sites excluding steroid dienone is 1. The number of carbonyl (C=O) groups is 1. The first kappa shape index (κ1) is 21.1. The Balaban J connectivity index is 1.49. The van der Waals surface area contributed by atoms with Crippen LogP contribution in [-0.2, 0) is 6.54 Å². The molecule has 0 aromatic heterocycles. The van der Waals surface area contributed by atoms with Gasteiger partial charge in [0.15, 0.2) is 0 Å². The Bertz CT molecular complexity index is 989. The molecule has 162 valence electrons. The number of nitrogens with one attached hydrogen (secondary N) is 1. The normalized spacial score (nSPS) is 21.2. The van der Waals surface area contributed by atoms with E-state index in [0.29, 0.717) is 23.7 Å². The van der Waals surface area contributed by atoms with Gasteiger partial charge in [-0.15, -0.1) is 0 Å². The third-order valence-electron chi connectivity index (χ3n) is 6.36. The predicted molar refractivity (Wildman–Crippen MR) is 125 cm³/mol. The van der Waals surface area contributed by atoms with Gasteiger partial charge < -0.3 is 16.0 Å². The second kappa shape index (κ2) is 8.94. The van der Waals surface area contributed by atoms with E-state index in [-0.39, 0.29) is 6.03 Å². The van der Waals surface area contributed by atoms with Crippen LogP contribution in [0.1, 0.15) is 30.9 Å². The molecule has 0 saturated carbocycles. The maximum absolute atomic E-state index is 11.3. The minimum atomic E-state index is -0.325. The van der Waals surface area contributed by atoms with Crippen LogP contribution >= 0.6 is 0 Å². The average Bonchev–Trinajstić information content (AvgIpc) is 3.18. The molecule has 31 heavy (non-hydrogen) atoms. The molecule has 2 aliphatic heterocycles. The minimum absolute atomic E-state index is 0.325. The molecule has 2 amide bonds. The van der Waals surface area contributed by atoms with Gasteiger partial charge >= 0.3 is 6.03 Å². The van der Waals surface area contributed by atoms with Crippen LogP contribution in [0.4, 0.5) is 4.79 Å². The van der Waals surface area contributed by atoms with Gasteiger partial charge in [-0.3, -0.25) is 0 Å². The third kappa shape index (κ3) is 4.80. The third-order valence-corrected chi connectivity index (χ3v) is 6.36. The summed E-state index contributed by atoms with van der Waals surface area (Å²) in [7, 11) is 0. The Morgan fingerprint density at radius 3 is 2.55 bits per heavy atom. The van der Waals surface area contributed by atoms with Crippen LogP contribution in [-0.4, -0.2) is 47.4 Å². The van der Waals surface area contributed by atoms with Crippen molar-refractivity contribution in [1.82, 2.24) is 10.2 Å². The lowest BCUT2D eigenvalue weighted by atomic mass is 9.98. The molecule has 0 aliphatic carbocycles. The van der Waals surface area contributed by atoms with Gasteiger partial charge in [-0.1, -0.05) is 59.2 Å². The smallest absolute Gasteiger partial charge is 0.314 e. The zero-order valence-electron chi connectivity index (χ0n) is 18.4. The van der Waals surface area contributed by atoms with Gasteiger partial charge in [0, 0.05) is 24.7 Å². The maximum atomic E-state index is 11.3. The van der Waals surface area contributed by atoms with E-state index in [9.17, 15) is 4.79 Å². The highest BCUT2D eigenvalue weighted by molar-refractivity contribution is 5.78. The Morgan fingerprint density at radius 1 is 1.16 bits per heavy atom. The number of amides is 2. The number of piperidine rings is 1. The molecular weight excluding hydrogens is 386 g/mol. The second-order valence-corrected chi connectivity index (χ2v) is 8.56. The van der Waals surface area contributed by atoms with Crippen LogP contribution in [0.5, 0.6) is 0 Å². The molecule has 1 saturated heterocycles. The van der Waals surface area contributed by atoms with Crippen molar-refractivity contribution in [2.45, 2.75) is 39.3 Å². The Morgan fingerprint density at radius 2 is 1.87 bits per heavy atom. The van der Waals surface area contributed by atoms with Crippen molar-refractivity contribution in [2.75, 3.05) is 19.6 Å². The quantitative estimate of drug-likeness (QED) is 0.697. The number of nitrogens with zero attached hydrogens (tertiary/aromatic N) is 3. The molecule has 1 atom stereocenters. The summed E-state index contributed by atoms with van der Waals surface area (Å²) in [5.74, 6) is 0. The molecule has 2 aromatic rings. The van der Waals surface area contributed by atoms with Crippen LogP contribution < -0.4 is 11.1 Å². The van der Waals surface area contributed by atoms with Crippen molar-refractivity contribution < 1.29 is 9.39 Å². The predicted octanol–water partition coefficient (Wildman–Crippen LogP) is 3.97. The minimum Gasteiger partial charge on any atom is -0.376 e. The molecule has 2 aromatic carbocycles. The molecule has 0 radical (unpaired) electrons. The van der Waals surface area contributed by atoms with E-state index in [1.165, 1.54) is 22.3 Å². The van der Waals surface area contributed by atoms with Gasteiger partial charge in [-0.25, -0.2) is 4.79 Å². The van der Waals surface area contributed by atoms with Crippen molar-refractivity contribution in [1.29, 1.82) is 0 Å². The summed E-state index contributed by atoms with van der Waals surface area (Å²) < 4.78 is 0.547. The number of carbonyl (C=O) groups excluding carboxylic acids is 1. The summed E-state index contributed by atoms with van der Waals surface area (Å²) in [4.78, 5) is 13.1. The first-order valence-corrected chi connectivity index (χ1v) is 11.1. The molecule has 3 N–H and O–H groups in total. The van der Waals surface area contributed by atoms with Crippen LogP contribution in [0.15, 0.2) is 65.5 Å². The zero-order chi connectivity index (χ0) is 21.8. The number of quaternary nitrogens is 1. The van der Waals surface area contributed by atoms with Gasteiger partial charge in [0.2, 0.25) is 0 Å². The number of aryl methyl sites for hydroxylation is 1. The number of benzene rings is 2. The van der Waals surface area contributed by atoms with Gasteiger partial charge in [0.25, 0.3) is 0 Å². The van der Waals surface area contributed by atoms with Crippen molar-refractivity contribution in [3.63, 3.8) is 0 Å². The zero-order valence-corrected chi connectivity index (χ0v) is 18.4. The first-order valence-electron chi connectivity index (χ1n) is 11.1. The molecule has 4 rings (SSSR count). The van der Waals surface area contributed by atoms with Crippen LogP contribution in [0.2, 0.25) is 0 Å². The van der Waals surface area contributed by atoms with Crippen LogP contribution in [0.25, 0.3) is 11.1 Å². The van der Waals surface area contributed by atoms with Crippen molar-refractivity contribution in [2.24, 2.45) is 10.8 Å². The monoisotopic (exact) mass is 418 g/mol. The Hall–Kier alpha value is -3.12. The average molecular weight is 419 g/mol. The topological polar surface area (TPSA) is 70.7 Å². The molecular formula is C25H32N5O+. The number of likely N-dealkylation sites (tertiary alicyclic amines) is 1. The summed E-state index contributed by atoms with van der Waals surface area (Å²) in [6.45, 7) is 7.39. The summed E-state index contributed by atoms with van der Waals surface area (Å²) in [5, 5.41) is 8.51. The summed E-state index contributed by atoms with van der Waals surface area (Å²) in [6, 6.07) is 17.3. The highest BCUT2D eigenvalue weighted by atomic mass is 16.2. The summed E-state index contributed by atoms with van der Waals surface area (Å²) in [6.07, 6.45) is 5.98. The standard InChI is InChI=1S/C25H31N5O/c1-3-30(17-21-6-4-5-7-24(21)20-10-8-19(2)9-11-20)18-23(16-27-30)28-22-12-14-29(15-13-22)25(26)31/h4-11,16,18,22,28H,3,12-15,17H2,1-2H3,(H-,26,31)/p+1. The van der Waals surface area contributed by atoms with Crippen molar-refractivity contribution >= 4 is 12.2 Å². The summed E-state index contributed by atoms with van der Waals surface area (Å²) in [5.41, 5.74) is 11.5. The van der Waals surface area contributed by atoms with Crippen LogP contribution in [0.3, 0.4) is 0 Å².